The minimum absolute atomic E-state index is 0.0274. The Morgan fingerprint density at radius 3 is 2.61 bits per heavy atom. The molecule has 0 fully saturated rings. The van der Waals surface area contributed by atoms with Crippen LogP contribution in [0.5, 0.6) is 0 Å². The van der Waals surface area contributed by atoms with Crippen LogP contribution >= 0.6 is 0 Å². The van der Waals surface area contributed by atoms with Crippen LogP contribution < -0.4 is 0 Å². The lowest BCUT2D eigenvalue weighted by atomic mass is 10.2. The Morgan fingerprint density at radius 1 is 1.39 bits per heavy atom. The van der Waals surface area contributed by atoms with Crippen LogP contribution in [0.1, 0.15) is 31.7 Å². The molecule has 0 N–H and O–H groups in total. The molecule has 0 unspecified atom stereocenters. The highest BCUT2D eigenvalue weighted by atomic mass is 16.6. The Bertz CT molecular complexity index is 400. The van der Waals surface area contributed by atoms with Gasteiger partial charge < -0.3 is 4.74 Å². The second-order valence-electron chi connectivity index (χ2n) is 3.88. The van der Waals surface area contributed by atoms with Crippen molar-refractivity contribution in [3.05, 3.63) is 46.4 Å². The Kier molecular flexibility index (Phi) is 5.84. The van der Waals surface area contributed by atoms with Crippen LogP contribution in [0.15, 0.2) is 24.3 Å². The molecule has 5 nitrogen and oxygen atoms in total. The van der Waals surface area contributed by atoms with Gasteiger partial charge >= 0.3 is 5.97 Å². The third-order valence-electron chi connectivity index (χ3n) is 2.40. The fraction of sp³-hybridized carbons (Fsp3) is 0.385. The summed E-state index contributed by atoms with van der Waals surface area (Å²) in [4.78, 5) is 21.3. The number of nitrogens with zero attached hydrogens (tertiary/aromatic N) is 1. The summed E-state index contributed by atoms with van der Waals surface area (Å²) in [5.74, 6) is -0.346. The first-order valence-electron chi connectivity index (χ1n) is 5.86. The molecule has 0 saturated carbocycles. The number of benzene rings is 1. The molecule has 0 amide bonds. The van der Waals surface area contributed by atoms with Crippen LogP contribution in [0.4, 0.5) is 5.69 Å². The molecular weight excluding hydrogens is 234 g/mol. The van der Waals surface area contributed by atoms with Crippen molar-refractivity contribution in [2.24, 2.45) is 0 Å². The minimum Gasteiger partial charge on any atom is -0.461 e. The van der Waals surface area contributed by atoms with Gasteiger partial charge in [0.25, 0.3) is 5.69 Å². The third-order valence-corrected chi connectivity index (χ3v) is 2.40. The van der Waals surface area contributed by atoms with Gasteiger partial charge in [-0.1, -0.05) is 19.8 Å². The molecule has 1 radical (unpaired) electrons. The third kappa shape index (κ3) is 4.95. The zero-order chi connectivity index (χ0) is 13.4. The quantitative estimate of drug-likeness (QED) is 0.323. The molecule has 0 bridgehead atoms. The van der Waals surface area contributed by atoms with Crippen molar-refractivity contribution >= 4 is 11.7 Å². The first kappa shape index (κ1) is 14.2. The minimum atomic E-state index is -0.464. The van der Waals surface area contributed by atoms with Crippen LogP contribution in [0.3, 0.4) is 0 Å². The molecule has 0 spiro atoms. The normalized spacial score (nSPS) is 10.1. The number of hydrogen-bond acceptors (Lipinski definition) is 4. The van der Waals surface area contributed by atoms with Crippen molar-refractivity contribution in [1.29, 1.82) is 0 Å². The standard InChI is InChI=1S/C13H16NO4/c1-2-3-4-5-13(15)18-10-11-6-8-12(9-7-11)14(16)17/h5-9H,2-4,10H2,1H3. The molecular formula is C13H16NO4. The number of esters is 1. The predicted octanol–water partition coefficient (Wildman–Crippen LogP) is 3.03. The smallest absolute Gasteiger partial charge is 0.310 e. The van der Waals surface area contributed by atoms with Gasteiger partial charge in [0.05, 0.1) is 11.3 Å². The van der Waals surface area contributed by atoms with Crippen LogP contribution in [-0.4, -0.2) is 10.9 Å². The van der Waals surface area contributed by atoms with Crippen LogP contribution in [0.25, 0.3) is 0 Å². The summed E-state index contributed by atoms with van der Waals surface area (Å²) in [6, 6.07) is 5.95. The lowest BCUT2D eigenvalue weighted by molar-refractivity contribution is -0.384. The van der Waals surface area contributed by atoms with Gasteiger partial charge in [-0.2, -0.15) is 0 Å². The number of nitro benzene ring substituents is 1. The van der Waals surface area contributed by atoms with Gasteiger partial charge in [-0.3, -0.25) is 14.9 Å². The van der Waals surface area contributed by atoms with E-state index in [2.05, 4.69) is 6.92 Å². The van der Waals surface area contributed by atoms with Crippen molar-refractivity contribution in [2.75, 3.05) is 0 Å². The van der Waals surface area contributed by atoms with E-state index in [1.54, 1.807) is 12.1 Å². The van der Waals surface area contributed by atoms with E-state index < -0.39 is 4.92 Å². The first-order valence-corrected chi connectivity index (χ1v) is 5.86. The largest absolute Gasteiger partial charge is 0.461 e. The van der Waals surface area contributed by atoms with E-state index in [1.165, 1.54) is 18.6 Å². The summed E-state index contributed by atoms with van der Waals surface area (Å²) in [6.45, 7) is 2.19. The Balaban J connectivity index is 2.34. The number of nitro groups is 1. The Labute approximate surface area is 106 Å². The summed E-state index contributed by atoms with van der Waals surface area (Å²) in [5, 5.41) is 10.4. The van der Waals surface area contributed by atoms with Gasteiger partial charge in [-0.05, 0) is 24.1 Å². The molecule has 5 heteroatoms. The molecule has 1 aromatic carbocycles. The van der Waals surface area contributed by atoms with Crippen molar-refractivity contribution in [2.45, 2.75) is 32.8 Å². The number of rotatable bonds is 7. The Hall–Kier alpha value is -1.91. The van der Waals surface area contributed by atoms with E-state index in [1.807, 2.05) is 0 Å². The van der Waals surface area contributed by atoms with Gasteiger partial charge in [0.1, 0.15) is 6.61 Å². The van der Waals surface area contributed by atoms with Gasteiger partial charge in [-0.25, -0.2) is 0 Å². The number of hydrogen-bond donors (Lipinski definition) is 0. The highest BCUT2D eigenvalue weighted by molar-refractivity contribution is 5.78. The van der Waals surface area contributed by atoms with Crippen molar-refractivity contribution < 1.29 is 14.5 Å². The van der Waals surface area contributed by atoms with Crippen molar-refractivity contribution in [1.82, 2.24) is 0 Å². The van der Waals surface area contributed by atoms with Crippen molar-refractivity contribution in [3.63, 3.8) is 0 Å². The predicted molar refractivity (Wildman–Crippen MR) is 66.7 cm³/mol. The zero-order valence-electron chi connectivity index (χ0n) is 10.3. The lowest BCUT2D eigenvalue weighted by Crippen LogP contribution is -2.05. The lowest BCUT2D eigenvalue weighted by Gasteiger charge is -2.04. The van der Waals surface area contributed by atoms with Crippen LogP contribution in [0.2, 0.25) is 0 Å². The molecule has 0 saturated heterocycles. The molecule has 18 heavy (non-hydrogen) atoms. The van der Waals surface area contributed by atoms with E-state index in [0.717, 1.165) is 24.8 Å². The summed E-state index contributed by atoms with van der Waals surface area (Å²) >= 11 is 0. The van der Waals surface area contributed by atoms with E-state index in [9.17, 15) is 14.9 Å². The fourth-order valence-electron chi connectivity index (χ4n) is 1.35. The molecule has 1 aromatic rings. The second-order valence-corrected chi connectivity index (χ2v) is 3.88. The van der Waals surface area contributed by atoms with Crippen LogP contribution in [0, 0.1) is 16.5 Å². The maximum atomic E-state index is 11.3. The maximum Gasteiger partial charge on any atom is 0.310 e. The highest BCUT2D eigenvalue weighted by Gasteiger charge is 2.06. The number of unbranched alkanes of at least 4 members (excludes halogenated alkanes) is 2. The Morgan fingerprint density at radius 2 is 2.06 bits per heavy atom. The molecule has 0 aliphatic heterocycles. The molecule has 0 atom stereocenters. The molecule has 0 aromatic heterocycles. The van der Waals surface area contributed by atoms with E-state index in [-0.39, 0.29) is 18.3 Å². The first-order chi connectivity index (χ1) is 8.63. The summed E-state index contributed by atoms with van der Waals surface area (Å²) < 4.78 is 5.01. The molecule has 0 aliphatic carbocycles. The zero-order valence-corrected chi connectivity index (χ0v) is 10.3. The average molecular weight is 250 g/mol. The van der Waals surface area contributed by atoms with Gasteiger partial charge in [-0.15, -0.1) is 0 Å². The molecule has 0 aliphatic rings. The molecule has 1 rings (SSSR count). The van der Waals surface area contributed by atoms with Crippen LogP contribution in [-0.2, 0) is 16.1 Å². The topological polar surface area (TPSA) is 69.4 Å². The number of carbonyl (C=O) groups excluding carboxylic acids is 1. The number of non-ortho nitro benzene ring substituents is 1. The van der Waals surface area contributed by atoms with Gasteiger partial charge in [0.2, 0.25) is 0 Å². The second kappa shape index (κ2) is 7.42. The van der Waals surface area contributed by atoms with E-state index >= 15 is 0 Å². The monoisotopic (exact) mass is 250 g/mol. The maximum absolute atomic E-state index is 11.3. The molecule has 97 valence electrons. The van der Waals surface area contributed by atoms with Crippen molar-refractivity contribution in [3.8, 4) is 0 Å². The van der Waals surface area contributed by atoms with E-state index in [0.29, 0.717) is 0 Å². The molecule has 0 heterocycles. The fourth-order valence-corrected chi connectivity index (χ4v) is 1.35. The van der Waals surface area contributed by atoms with Gasteiger partial charge in [0.15, 0.2) is 0 Å². The number of carbonyl (C=O) groups is 1. The van der Waals surface area contributed by atoms with E-state index in [4.69, 9.17) is 4.74 Å². The van der Waals surface area contributed by atoms with Gasteiger partial charge in [0, 0.05) is 12.1 Å². The number of ether oxygens (including phenoxy) is 1. The SMILES string of the molecule is CCCC[CH]C(=O)OCc1ccc([N+](=O)[O-])cc1. The average Bonchev–Trinajstić information content (AvgIpc) is 2.37. The highest BCUT2D eigenvalue weighted by Crippen LogP contribution is 2.12. The summed E-state index contributed by atoms with van der Waals surface area (Å²) in [6.07, 6.45) is 4.24. The summed E-state index contributed by atoms with van der Waals surface area (Å²) in [5.41, 5.74) is 0.762. The summed E-state index contributed by atoms with van der Waals surface area (Å²) in [7, 11) is 0.